The van der Waals surface area contributed by atoms with Crippen LogP contribution in [-0.2, 0) is 0 Å². The van der Waals surface area contributed by atoms with Crippen molar-refractivity contribution in [1.82, 2.24) is 25.2 Å². The van der Waals surface area contributed by atoms with Crippen LogP contribution < -0.4 is 15.5 Å². The molecule has 0 spiro atoms. The van der Waals surface area contributed by atoms with Crippen LogP contribution in [-0.4, -0.2) is 65.2 Å². The minimum Gasteiger partial charge on any atom is -0.367 e. The SMILES string of the molecule is O=C(NCCNc1cnccn1)N1CCN(c2nccs2)CC1. The summed E-state index contributed by atoms with van der Waals surface area (Å²) in [6.07, 6.45) is 6.71. The molecule has 0 aromatic carbocycles. The maximum atomic E-state index is 12.1. The number of nitrogens with one attached hydrogen (secondary N) is 2. The summed E-state index contributed by atoms with van der Waals surface area (Å²) in [6, 6.07) is -0.0234. The van der Waals surface area contributed by atoms with Gasteiger partial charge in [-0.2, -0.15) is 0 Å². The summed E-state index contributed by atoms with van der Waals surface area (Å²) >= 11 is 1.63. The lowest BCUT2D eigenvalue weighted by Crippen LogP contribution is -2.52. The first-order valence-electron chi connectivity index (χ1n) is 7.50. The molecule has 0 aliphatic carbocycles. The van der Waals surface area contributed by atoms with Crippen LogP contribution in [0.3, 0.4) is 0 Å². The van der Waals surface area contributed by atoms with Crippen molar-refractivity contribution in [2.45, 2.75) is 0 Å². The van der Waals surface area contributed by atoms with E-state index in [1.807, 2.05) is 16.5 Å². The Hall–Kier alpha value is -2.42. The maximum absolute atomic E-state index is 12.1. The van der Waals surface area contributed by atoms with Crippen molar-refractivity contribution < 1.29 is 4.79 Å². The van der Waals surface area contributed by atoms with Crippen LogP contribution in [0.2, 0.25) is 0 Å². The van der Waals surface area contributed by atoms with Crippen LogP contribution in [0.5, 0.6) is 0 Å². The lowest BCUT2D eigenvalue weighted by molar-refractivity contribution is 0.195. The fourth-order valence-corrected chi connectivity index (χ4v) is 3.03. The second-order valence-electron chi connectivity index (χ2n) is 5.04. The van der Waals surface area contributed by atoms with Crippen molar-refractivity contribution in [1.29, 1.82) is 0 Å². The second kappa shape index (κ2) is 7.73. The number of hydrogen-bond acceptors (Lipinski definition) is 7. The molecule has 0 bridgehead atoms. The number of aromatic nitrogens is 3. The number of piperazine rings is 1. The van der Waals surface area contributed by atoms with E-state index in [0.29, 0.717) is 32.0 Å². The van der Waals surface area contributed by atoms with Gasteiger partial charge < -0.3 is 20.4 Å². The molecule has 9 heteroatoms. The standard InChI is InChI=1S/C14H19N7OS/c22-13(18-4-3-17-12-11-15-1-2-16-12)20-6-8-21(9-7-20)14-19-5-10-23-14/h1-2,5,10-11H,3-4,6-9H2,(H,16,17)(H,18,22). The van der Waals surface area contributed by atoms with Crippen molar-refractivity contribution in [2.75, 3.05) is 49.5 Å². The number of thiazole rings is 1. The number of anilines is 2. The van der Waals surface area contributed by atoms with Gasteiger partial charge in [0.05, 0.1) is 6.20 Å². The van der Waals surface area contributed by atoms with Crippen LogP contribution in [0.25, 0.3) is 0 Å². The summed E-state index contributed by atoms with van der Waals surface area (Å²) in [7, 11) is 0. The maximum Gasteiger partial charge on any atom is 0.317 e. The van der Waals surface area contributed by atoms with Crippen LogP contribution in [0.15, 0.2) is 30.2 Å². The molecule has 2 aromatic rings. The summed E-state index contributed by atoms with van der Waals surface area (Å²) in [5.74, 6) is 0.707. The van der Waals surface area contributed by atoms with Crippen molar-refractivity contribution in [2.24, 2.45) is 0 Å². The number of amides is 2. The van der Waals surface area contributed by atoms with Crippen LogP contribution >= 0.6 is 11.3 Å². The average molecular weight is 333 g/mol. The number of carbonyl (C=O) groups is 1. The molecule has 122 valence electrons. The van der Waals surface area contributed by atoms with E-state index in [2.05, 4.69) is 30.5 Å². The van der Waals surface area contributed by atoms with E-state index in [0.717, 1.165) is 18.2 Å². The van der Waals surface area contributed by atoms with Gasteiger partial charge >= 0.3 is 6.03 Å². The van der Waals surface area contributed by atoms with Gasteiger partial charge in [-0.3, -0.25) is 4.98 Å². The Labute approximate surface area is 138 Å². The zero-order chi connectivity index (χ0) is 15.9. The lowest BCUT2D eigenvalue weighted by Gasteiger charge is -2.34. The van der Waals surface area contributed by atoms with E-state index < -0.39 is 0 Å². The molecule has 0 unspecified atom stereocenters. The van der Waals surface area contributed by atoms with E-state index in [9.17, 15) is 4.79 Å². The Morgan fingerprint density at radius 1 is 1.13 bits per heavy atom. The van der Waals surface area contributed by atoms with Gasteiger partial charge in [0.15, 0.2) is 5.13 Å². The summed E-state index contributed by atoms with van der Waals surface area (Å²) < 4.78 is 0. The third kappa shape index (κ3) is 4.28. The molecule has 0 radical (unpaired) electrons. The summed E-state index contributed by atoms with van der Waals surface area (Å²) in [6.45, 7) is 4.22. The highest BCUT2D eigenvalue weighted by molar-refractivity contribution is 7.13. The van der Waals surface area contributed by atoms with Crippen LogP contribution in [0.4, 0.5) is 15.7 Å². The number of urea groups is 1. The quantitative estimate of drug-likeness (QED) is 0.790. The Bertz CT molecular complexity index is 599. The number of nitrogens with zero attached hydrogens (tertiary/aromatic N) is 5. The summed E-state index contributed by atoms with van der Waals surface area (Å²) in [4.78, 5) is 28.6. The molecular formula is C14H19N7OS. The Morgan fingerprint density at radius 3 is 2.70 bits per heavy atom. The monoisotopic (exact) mass is 333 g/mol. The van der Waals surface area contributed by atoms with E-state index in [1.165, 1.54) is 0 Å². The van der Waals surface area contributed by atoms with Gasteiger partial charge in [-0.1, -0.05) is 0 Å². The lowest BCUT2D eigenvalue weighted by atomic mass is 10.3. The van der Waals surface area contributed by atoms with Gasteiger partial charge in [0.1, 0.15) is 5.82 Å². The number of carbonyl (C=O) groups excluding carboxylic acids is 1. The van der Waals surface area contributed by atoms with Gasteiger partial charge in [-0.05, 0) is 0 Å². The zero-order valence-corrected chi connectivity index (χ0v) is 13.5. The van der Waals surface area contributed by atoms with Gasteiger partial charge in [-0.25, -0.2) is 14.8 Å². The molecule has 1 aliphatic heterocycles. The molecule has 1 fully saturated rings. The van der Waals surface area contributed by atoms with Crippen molar-refractivity contribution in [3.05, 3.63) is 30.2 Å². The predicted molar refractivity (Wildman–Crippen MR) is 89.8 cm³/mol. The normalized spacial score (nSPS) is 14.6. The third-order valence-corrected chi connectivity index (χ3v) is 4.36. The highest BCUT2D eigenvalue weighted by Gasteiger charge is 2.21. The molecule has 2 amide bonds. The van der Waals surface area contributed by atoms with Crippen molar-refractivity contribution in [3.8, 4) is 0 Å². The molecule has 3 heterocycles. The zero-order valence-electron chi connectivity index (χ0n) is 12.7. The highest BCUT2D eigenvalue weighted by Crippen LogP contribution is 2.18. The number of rotatable bonds is 5. The first-order valence-corrected chi connectivity index (χ1v) is 8.38. The minimum atomic E-state index is -0.0234. The number of hydrogen-bond donors (Lipinski definition) is 2. The summed E-state index contributed by atoms with van der Waals surface area (Å²) in [5.41, 5.74) is 0. The van der Waals surface area contributed by atoms with Crippen LogP contribution in [0, 0.1) is 0 Å². The molecule has 3 rings (SSSR count). The molecule has 8 nitrogen and oxygen atoms in total. The molecule has 23 heavy (non-hydrogen) atoms. The second-order valence-corrected chi connectivity index (χ2v) is 5.91. The fraction of sp³-hybridized carbons (Fsp3) is 0.429. The molecule has 1 aliphatic rings. The molecular weight excluding hydrogens is 314 g/mol. The van der Waals surface area contributed by atoms with Crippen LogP contribution in [0.1, 0.15) is 0 Å². The van der Waals surface area contributed by atoms with Gasteiger partial charge in [0.25, 0.3) is 0 Å². The molecule has 2 N–H and O–H groups in total. The van der Waals surface area contributed by atoms with Crippen molar-refractivity contribution >= 4 is 28.3 Å². The first kappa shape index (κ1) is 15.5. The third-order valence-electron chi connectivity index (χ3n) is 3.53. The van der Waals surface area contributed by atoms with E-state index in [-0.39, 0.29) is 6.03 Å². The molecule has 2 aromatic heterocycles. The van der Waals surface area contributed by atoms with E-state index >= 15 is 0 Å². The van der Waals surface area contributed by atoms with Gasteiger partial charge in [-0.15, -0.1) is 11.3 Å². The smallest absolute Gasteiger partial charge is 0.317 e. The summed E-state index contributed by atoms with van der Waals surface area (Å²) in [5, 5.41) is 9.02. The topological polar surface area (TPSA) is 86.3 Å². The Morgan fingerprint density at radius 2 is 2.00 bits per heavy atom. The van der Waals surface area contributed by atoms with E-state index in [4.69, 9.17) is 0 Å². The molecule has 0 saturated carbocycles. The highest BCUT2D eigenvalue weighted by atomic mass is 32.1. The van der Waals surface area contributed by atoms with Gasteiger partial charge in [0, 0.05) is 63.2 Å². The molecule has 0 atom stereocenters. The fourth-order valence-electron chi connectivity index (χ4n) is 2.34. The molecule has 1 saturated heterocycles. The predicted octanol–water partition coefficient (Wildman–Crippen LogP) is 0.877. The minimum absolute atomic E-state index is 0.0234. The van der Waals surface area contributed by atoms with Gasteiger partial charge in [0.2, 0.25) is 0 Å². The Balaban J connectivity index is 1.35. The Kier molecular flexibility index (Phi) is 5.20. The van der Waals surface area contributed by atoms with E-state index in [1.54, 1.807) is 29.9 Å². The first-order chi connectivity index (χ1) is 11.3. The average Bonchev–Trinajstić information content (AvgIpc) is 3.14. The largest absolute Gasteiger partial charge is 0.367 e. The van der Waals surface area contributed by atoms with Crippen molar-refractivity contribution in [3.63, 3.8) is 0 Å².